The van der Waals surface area contributed by atoms with E-state index in [1.54, 1.807) is 24.3 Å². The zero-order chi connectivity index (χ0) is 19.5. The largest absolute Gasteiger partial charge is 0.496 e. The second-order valence-electron chi connectivity index (χ2n) is 6.02. The summed E-state index contributed by atoms with van der Waals surface area (Å²) in [5.41, 5.74) is 1.55. The monoisotopic (exact) mass is 370 g/mol. The fourth-order valence-electron chi connectivity index (χ4n) is 2.53. The number of methoxy groups -OCH3 is 1. The lowest BCUT2D eigenvalue weighted by Gasteiger charge is -2.10. The summed E-state index contributed by atoms with van der Waals surface area (Å²) in [6.07, 6.45) is 1.01. The van der Waals surface area contributed by atoms with Gasteiger partial charge in [-0.1, -0.05) is 30.3 Å². The zero-order valence-electron chi connectivity index (χ0n) is 15.8. The second kappa shape index (κ2) is 10.9. The van der Waals surface area contributed by atoms with Crippen molar-refractivity contribution >= 4 is 11.8 Å². The molecule has 0 atom stereocenters. The lowest BCUT2D eigenvalue weighted by Crippen LogP contribution is -2.34. The highest BCUT2D eigenvalue weighted by molar-refractivity contribution is 5.96. The summed E-state index contributed by atoms with van der Waals surface area (Å²) in [5.74, 6) is 1.08. The lowest BCUT2D eigenvalue weighted by atomic mass is 10.2. The van der Waals surface area contributed by atoms with Crippen LogP contribution >= 0.6 is 0 Å². The molecule has 0 unspecified atom stereocenters. The van der Waals surface area contributed by atoms with Crippen molar-refractivity contribution in [3.63, 3.8) is 0 Å². The molecule has 144 valence electrons. The first-order valence-corrected chi connectivity index (χ1v) is 8.98. The van der Waals surface area contributed by atoms with Crippen LogP contribution < -0.4 is 20.1 Å². The molecule has 0 fully saturated rings. The highest BCUT2D eigenvalue weighted by atomic mass is 16.5. The van der Waals surface area contributed by atoms with Crippen LogP contribution in [0.1, 0.15) is 28.8 Å². The molecule has 0 aliphatic carbocycles. The van der Waals surface area contributed by atoms with E-state index < -0.39 is 0 Å². The van der Waals surface area contributed by atoms with Gasteiger partial charge in [0, 0.05) is 19.5 Å². The van der Waals surface area contributed by atoms with Crippen molar-refractivity contribution < 1.29 is 19.1 Å². The number of nitrogens with one attached hydrogen (secondary N) is 2. The van der Waals surface area contributed by atoms with Gasteiger partial charge in [-0.2, -0.15) is 0 Å². The Balaban J connectivity index is 1.59. The summed E-state index contributed by atoms with van der Waals surface area (Å²) in [6, 6.07) is 14.8. The van der Waals surface area contributed by atoms with Crippen molar-refractivity contribution in [3.8, 4) is 11.5 Å². The Morgan fingerprint density at radius 1 is 0.926 bits per heavy atom. The summed E-state index contributed by atoms with van der Waals surface area (Å²) < 4.78 is 10.8. The minimum absolute atomic E-state index is 0.0603. The highest BCUT2D eigenvalue weighted by Crippen LogP contribution is 2.17. The van der Waals surface area contributed by atoms with Crippen LogP contribution in [-0.2, 0) is 4.79 Å². The van der Waals surface area contributed by atoms with Crippen LogP contribution in [0.2, 0.25) is 0 Å². The topological polar surface area (TPSA) is 76.7 Å². The average molecular weight is 370 g/mol. The quantitative estimate of drug-likeness (QED) is 0.631. The maximum absolute atomic E-state index is 12.1. The molecule has 0 radical (unpaired) electrons. The van der Waals surface area contributed by atoms with E-state index in [-0.39, 0.29) is 11.8 Å². The zero-order valence-corrected chi connectivity index (χ0v) is 15.8. The van der Waals surface area contributed by atoms with Gasteiger partial charge in [-0.25, -0.2) is 0 Å². The predicted molar refractivity (Wildman–Crippen MR) is 104 cm³/mol. The molecule has 0 spiro atoms. The third kappa shape index (κ3) is 6.66. The Morgan fingerprint density at radius 2 is 1.59 bits per heavy atom. The van der Waals surface area contributed by atoms with Crippen molar-refractivity contribution in [2.45, 2.75) is 19.8 Å². The Kier molecular flexibility index (Phi) is 8.16. The number of carbonyl (C=O) groups is 2. The fraction of sp³-hybridized carbons (Fsp3) is 0.333. The van der Waals surface area contributed by atoms with E-state index in [9.17, 15) is 9.59 Å². The normalized spacial score (nSPS) is 10.1. The summed E-state index contributed by atoms with van der Waals surface area (Å²) in [7, 11) is 1.52. The summed E-state index contributed by atoms with van der Waals surface area (Å²) in [6.45, 7) is 3.20. The molecule has 2 aromatic rings. The van der Waals surface area contributed by atoms with Gasteiger partial charge in [-0.3, -0.25) is 9.59 Å². The van der Waals surface area contributed by atoms with Crippen LogP contribution in [0.4, 0.5) is 0 Å². The molecule has 2 aromatic carbocycles. The van der Waals surface area contributed by atoms with Crippen LogP contribution in [0, 0.1) is 6.92 Å². The predicted octanol–water partition coefficient (Wildman–Crippen LogP) is 2.71. The number of benzene rings is 2. The van der Waals surface area contributed by atoms with Crippen LogP contribution in [0.15, 0.2) is 48.5 Å². The van der Waals surface area contributed by atoms with Crippen molar-refractivity contribution in [1.82, 2.24) is 10.6 Å². The minimum atomic E-state index is -0.228. The smallest absolute Gasteiger partial charge is 0.255 e. The Hall–Kier alpha value is -3.02. The molecule has 0 saturated heterocycles. The van der Waals surface area contributed by atoms with Gasteiger partial charge in [-0.15, -0.1) is 0 Å². The van der Waals surface area contributed by atoms with E-state index in [4.69, 9.17) is 9.47 Å². The molecular weight excluding hydrogens is 344 g/mol. The molecule has 0 heterocycles. The van der Waals surface area contributed by atoms with E-state index in [0.29, 0.717) is 43.9 Å². The number of carbonyl (C=O) groups excluding carboxylic acids is 2. The van der Waals surface area contributed by atoms with Gasteiger partial charge >= 0.3 is 0 Å². The molecule has 0 aliphatic rings. The standard InChI is InChI=1S/C21H26N2O4/c1-16-8-3-5-10-18(16)27-15-7-12-20(24)22-13-14-23-21(25)17-9-4-6-11-19(17)26-2/h3-6,8-11H,7,12-15H2,1-2H3,(H,22,24)(H,23,25). The van der Waals surface area contributed by atoms with Gasteiger partial charge in [0.15, 0.2) is 0 Å². The second-order valence-corrected chi connectivity index (χ2v) is 6.02. The molecule has 6 heteroatoms. The highest BCUT2D eigenvalue weighted by Gasteiger charge is 2.10. The minimum Gasteiger partial charge on any atom is -0.496 e. The van der Waals surface area contributed by atoms with E-state index in [1.807, 2.05) is 31.2 Å². The third-order valence-electron chi connectivity index (χ3n) is 3.98. The first kappa shape index (κ1) is 20.3. The first-order valence-electron chi connectivity index (χ1n) is 8.98. The molecule has 2 amide bonds. The maximum atomic E-state index is 12.1. The lowest BCUT2D eigenvalue weighted by molar-refractivity contribution is -0.121. The Bertz CT molecular complexity index is 761. The van der Waals surface area contributed by atoms with Gasteiger partial charge < -0.3 is 20.1 Å². The maximum Gasteiger partial charge on any atom is 0.255 e. The Labute approximate surface area is 159 Å². The van der Waals surface area contributed by atoms with Crippen LogP contribution in [-0.4, -0.2) is 38.6 Å². The molecule has 2 rings (SSSR count). The number of ether oxygens (including phenoxy) is 2. The number of amides is 2. The van der Waals surface area contributed by atoms with Crippen molar-refractivity contribution in [2.75, 3.05) is 26.8 Å². The molecule has 27 heavy (non-hydrogen) atoms. The molecule has 0 aliphatic heterocycles. The van der Waals surface area contributed by atoms with Crippen LogP contribution in [0.3, 0.4) is 0 Å². The van der Waals surface area contributed by atoms with Crippen LogP contribution in [0.5, 0.6) is 11.5 Å². The SMILES string of the molecule is COc1ccccc1C(=O)NCCNC(=O)CCCOc1ccccc1C. The molecule has 6 nitrogen and oxygen atoms in total. The van der Waals surface area contributed by atoms with Crippen molar-refractivity contribution in [3.05, 3.63) is 59.7 Å². The fourth-order valence-corrected chi connectivity index (χ4v) is 2.53. The summed E-state index contributed by atoms with van der Waals surface area (Å²) in [4.78, 5) is 24.0. The van der Waals surface area contributed by atoms with E-state index in [1.165, 1.54) is 7.11 Å². The molecular formula is C21H26N2O4. The van der Waals surface area contributed by atoms with E-state index in [0.717, 1.165) is 11.3 Å². The summed E-state index contributed by atoms with van der Waals surface area (Å²) in [5, 5.41) is 5.55. The molecule has 0 bridgehead atoms. The van der Waals surface area contributed by atoms with E-state index >= 15 is 0 Å². The Morgan fingerprint density at radius 3 is 2.33 bits per heavy atom. The number of rotatable bonds is 10. The third-order valence-corrected chi connectivity index (χ3v) is 3.98. The molecule has 0 aromatic heterocycles. The van der Waals surface area contributed by atoms with Crippen LogP contribution in [0.25, 0.3) is 0 Å². The van der Waals surface area contributed by atoms with Gasteiger partial charge in [0.05, 0.1) is 19.3 Å². The van der Waals surface area contributed by atoms with Gasteiger partial charge in [0.25, 0.3) is 5.91 Å². The molecule has 0 saturated carbocycles. The number of para-hydroxylation sites is 2. The molecule has 2 N–H and O–H groups in total. The van der Waals surface area contributed by atoms with Crippen molar-refractivity contribution in [1.29, 1.82) is 0 Å². The number of aryl methyl sites for hydroxylation is 1. The van der Waals surface area contributed by atoms with Gasteiger partial charge in [0.1, 0.15) is 11.5 Å². The summed E-state index contributed by atoms with van der Waals surface area (Å²) >= 11 is 0. The van der Waals surface area contributed by atoms with E-state index in [2.05, 4.69) is 10.6 Å². The van der Waals surface area contributed by atoms with Crippen molar-refractivity contribution in [2.24, 2.45) is 0 Å². The first-order chi connectivity index (χ1) is 13.1. The van der Waals surface area contributed by atoms with Gasteiger partial charge in [0.2, 0.25) is 5.91 Å². The number of hydrogen-bond acceptors (Lipinski definition) is 4. The number of hydrogen-bond donors (Lipinski definition) is 2. The average Bonchev–Trinajstić information content (AvgIpc) is 2.69. The van der Waals surface area contributed by atoms with Gasteiger partial charge in [-0.05, 0) is 37.1 Å².